The van der Waals surface area contributed by atoms with Gasteiger partial charge in [-0.25, -0.2) is 0 Å². The van der Waals surface area contributed by atoms with E-state index in [2.05, 4.69) is 37.0 Å². The molecule has 0 aromatic carbocycles. The Balaban J connectivity index is 2.57. The lowest BCUT2D eigenvalue weighted by Gasteiger charge is -2.02. The molecule has 0 unspecified atom stereocenters. The second kappa shape index (κ2) is 6.62. The summed E-state index contributed by atoms with van der Waals surface area (Å²) in [4.78, 5) is 4.42. The maximum atomic E-state index is 5.63. The summed E-state index contributed by atoms with van der Waals surface area (Å²) in [5.74, 6) is 0.694. The van der Waals surface area contributed by atoms with Crippen LogP contribution >= 0.6 is 11.6 Å². The van der Waals surface area contributed by atoms with Crippen molar-refractivity contribution in [2.45, 2.75) is 33.1 Å². The maximum Gasteiger partial charge on any atom is 0.0444 e. The van der Waals surface area contributed by atoms with Gasteiger partial charge in [-0.2, -0.15) is 0 Å². The number of hydrogen-bond acceptors (Lipinski definition) is 1. The second-order valence-corrected chi connectivity index (χ2v) is 4.09. The number of alkyl halides is 1. The molecule has 0 saturated heterocycles. The summed E-state index contributed by atoms with van der Waals surface area (Å²) in [6.45, 7) is 4.27. The van der Waals surface area contributed by atoms with E-state index in [0.29, 0.717) is 5.88 Å². The van der Waals surface area contributed by atoms with Crippen LogP contribution in [0.2, 0.25) is 0 Å². The van der Waals surface area contributed by atoms with Crippen LogP contribution in [0.3, 0.4) is 0 Å². The van der Waals surface area contributed by atoms with Gasteiger partial charge in [-0.1, -0.05) is 24.6 Å². The minimum atomic E-state index is 0.694. The summed E-state index contributed by atoms with van der Waals surface area (Å²) in [6.07, 6.45) is 7.07. The normalized spacial score (nSPS) is 11.8. The van der Waals surface area contributed by atoms with Crippen LogP contribution in [0.25, 0.3) is 0 Å². The third kappa shape index (κ3) is 4.48. The Bertz CT molecular complexity index is 314. The van der Waals surface area contributed by atoms with Crippen molar-refractivity contribution in [3.05, 3.63) is 41.2 Å². The molecule has 0 saturated carbocycles. The van der Waals surface area contributed by atoms with Gasteiger partial charge in [0.05, 0.1) is 0 Å². The van der Waals surface area contributed by atoms with Gasteiger partial charge in [0.25, 0.3) is 0 Å². The molecule has 82 valence electrons. The molecule has 0 aliphatic heterocycles. The maximum absolute atomic E-state index is 5.63. The lowest BCUT2D eigenvalue weighted by Crippen LogP contribution is -1.93. The van der Waals surface area contributed by atoms with Crippen molar-refractivity contribution in [3.63, 3.8) is 0 Å². The molecule has 0 spiro atoms. The molecule has 15 heavy (non-hydrogen) atoms. The van der Waals surface area contributed by atoms with Crippen LogP contribution in [-0.2, 0) is 12.8 Å². The van der Waals surface area contributed by atoms with E-state index in [-0.39, 0.29) is 0 Å². The van der Waals surface area contributed by atoms with Crippen molar-refractivity contribution >= 4 is 11.6 Å². The monoisotopic (exact) mass is 223 g/mol. The molecule has 0 amide bonds. The molecule has 1 rings (SSSR count). The standard InChI is InChI=1S/C13H18ClN/c1-3-12-6-7-13(15-10-12)9-11(2)5-4-8-14/h5-7,10H,3-4,8-9H2,1-2H3. The smallest absolute Gasteiger partial charge is 0.0444 e. The number of aromatic nitrogens is 1. The molecule has 0 bridgehead atoms. The Hall–Kier alpha value is -0.820. The van der Waals surface area contributed by atoms with Crippen molar-refractivity contribution < 1.29 is 0 Å². The molecule has 0 aliphatic rings. The molecule has 2 heteroatoms. The zero-order chi connectivity index (χ0) is 11.1. The van der Waals surface area contributed by atoms with E-state index in [0.717, 1.165) is 25.0 Å². The average Bonchev–Trinajstić information content (AvgIpc) is 2.27. The van der Waals surface area contributed by atoms with Gasteiger partial charge in [-0.3, -0.25) is 4.98 Å². The average molecular weight is 224 g/mol. The molecular weight excluding hydrogens is 206 g/mol. The van der Waals surface area contributed by atoms with Crippen LogP contribution in [0.1, 0.15) is 31.5 Å². The van der Waals surface area contributed by atoms with Gasteiger partial charge in [0, 0.05) is 24.2 Å². The van der Waals surface area contributed by atoms with Crippen molar-refractivity contribution in [2.75, 3.05) is 5.88 Å². The molecule has 1 heterocycles. The first-order chi connectivity index (χ1) is 7.26. The third-order valence-electron chi connectivity index (χ3n) is 2.36. The molecule has 0 aliphatic carbocycles. The summed E-state index contributed by atoms with van der Waals surface area (Å²) in [5.41, 5.74) is 3.77. The number of pyridine rings is 1. The lowest BCUT2D eigenvalue weighted by atomic mass is 10.1. The molecule has 1 aromatic heterocycles. The summed E-state index contributed by atoms with van der Waals surface area (Å²) in [7, 11) is 0. The number of allylic oxidation sites excluding steroid dienone is 2. The Morgan fingerprint density at radius 1 is 1.47 bits per heavy atom. The van der Waals surface area contributed by atoms with Crippen LogP contribution in [0.15, 0.2) is 30.0 Å². The highest BCUT2D eigenvalue weighted by molar-refractivity contribution is 6.17. The Morgan fingerprint density at radius 3 is 2.80 bits per heavy atom. The van der Waals surface area contributed by atoms with E-state index in [4.69, 9.17) is 11.6 Å². The predicted molar refractivity (Wildman–Crippen MR) is 66.4 cm³/mol. The highest BCUT2D eigenvalue weighted by Gasteiger charge is 1.96. The fourth-order valence-corrected chi connectivity index (χ4v) is 1.54. The zero-order valence-corrected chi connectivity index (χ0v) is 10.2. The first-order valence-electron chi connectivity index (χ1n) is 5.41. The minimum absolute atomic E-state index is 0.694. The number of nitrogens with zero attached hydrogens (tertiary/aromatic N) is 1. The van der Waals surface area contributed by atoms with Crippen LogP contribution in [0.4, 0.5) is 0 Å². The molecule has 1 nitrogen and oxygen atoms in total. The van der Waals surface area contributed by atoms with Gasteiger partial charge >= 0.3 is 0 Å². The lowest BCUT2D eigenvalue weighted by molar-refractivity contribution is 1.00. The van der Waals surface area contributed by atoms with Gasteiger partial charge in [0.2, 0.25) is 0 Å². The molecule has 0 atom stereocenters. The van der Waals surface area contributed by atoms with E-state index in [1.54, 1.807) is 0 Å². The zero-order valence-electron chi connectivity index (χ0n) is 9.46. The van der Waals surface area contributed by atoms with E-state index >= 15 is 0 Å². The first-order valence-corrected chi connectivity index (χ1v) is 5.95. The fourth-order valence-electron chi connectivity index (χ4n) is 1.43. The molecule has 0 radical (unpaired) electrons. The largest absolute Gasteiger partial charge is 0.261 e. The van der Waals surface area contributed by atoms with Crippen molar-refractivity contribution in [3.8, 4) is 0 Å². The SMILES string of the molecule is CCc1ccc(CC(C)=CCCCl)nc1. The summed E-state index contributed by atoms with van der Waals surface area (Å²) >= 11 is 5.63. The van der Waals surface area contributed by atoms with Crippen LogP contribution < -0.4 is 0 Å². The van der Waals surface area contributed by atoms with Gasteiger partial charge < -0.3 is 0 Å². The van der Waals surface area contributed by atoms with Gasteiger partial charge in [0.1, 0.15) is 0 Å². The summed E-state index contributed by atoms with van der Waals surface area (Å²) in [6, 6.07) is 4.26. The van der Waals surface area contributed by atoms with Crippen LogP contribution in [0, 0.1) is 0 Å². The third-order valence-corrected chi connectivity index (χ3v) is 2.57. The fraction of sp³-hybridized carbons (Fsp3) is 0.462. The predicted octanol–water partition coefficient (Wildman–Crippen LogP) is 3.76. The highest BCUT2D eigenvalue weighted by atomic mass is 35.5. The van der Waals surface area contributed by atoms with Crippen molar-refractivity contribution in [2.24, 2.45) is 0 Å². The summed E-state index contributed by atoms with van der Waals surface area (Å²) in [5, 5.41) is 0. The molecule has 0 fully saturated rings. The first kappa shape index (κ1) is 12.3. The van der Waals surface area contributed by atoms with Crippen molar-refractivity contribution in [1.82, 2.24) is 4.98 Å². The Morgan fingerprint density at radius 2 is 2.27 bits per heavy atom. The van der Waals surface area contributed by atoms with E-state index in [1.807, 2.05) is 6.20 Å². The van der Waals surface area contributed by atoms with Crippen LogP contribution in [-0.4, -0.2) is 10.9 Å². The number of rotatable bonds is 5. The topological polar surface area (TPSA) is 12.9 Å². The van der Waals surface area contributed by atoms with E-state index in [9.17, 15) is 0 Å². The van der Waals surface area contributed by atoms with E-state index < -0.39 is 0 Å². The highest BCUT2D eigenvalue weighted by Crippen LogP contribution is 2.07. The number of aryl methyl sites for hydroxylation is 1. The number of hydrogen-bond donors (Lipinski definition) is 0. The second-order valence-electron chi connectivity index (χ2n) is 3.72. The minimum Gasteiger partial charge on any atom is -0.261 e. The van der Waals surface area contributed by atoms with Crippen molar-refractivity contribution in [1.29, 1.82) is 0 Å². The summed E-state index contributed by atoms with van der Waals surface area (Å²) < 4.78 is 0. The molecular formula is C13H18ClN. The van der Waals surface area contributed by atoms with Gasteiger partial charge in [-0.05, 0) is 31.4 Å². The Kier molecular flexibility index (Phi) is 5.41. The Labute approximate surface area is 97.2 Å². The quantitative estimate of drug-likeness (QED) is 0.547. The van der Waals surface area contributed by atoms with Crippen LogP contribution in [0.5, 0.6) is 0 Å². The van der Waals surface area contributed by atoms with Gasteiger partial charge in [-0.15, -0.1) is 11.6 Å². The van der Waals surface area contributed by atoms with E-state index in [1.165, 1.54) is 11.1 Å². The number of halogens is 1. The molecule has 0 N–H and O–H groups in total. The van der Waals surface area contributed by atoms with Gasteiger partial charge in [0.15, 0.2) is 0 Å². The molecule has 1 aromatic rings.